The number of nitrogens with zero attached hydrogens (tertiary/aromatic N) is 2. The minimum absolute atomic E-state index is 0.128. The molecule has 6 rings (SSSR count). The molecule has 2 aromatic heterocycles. The molecule has 8 nitrogen and oxygen atoms in total. The number of hydrogen-bond acceptors (Lipinski definition) is 8. The number of fused-ring (bicyclic) bond motifs is 5. The van der Waals surface area contributed by atoms with Crippen LogP contribution in [0.3, 0.4) is 0 Å². The number of anilines is 1. The fourth-order valence-electron chi connectivity index (χ4n) is 5.73. The van der Waals surface area contributed by atoms with Crippen LogP contribution in [0.2, 0.25) is 0 Å². The zero-order valence-corrected chi connectivity index (χ0v) is 20.6. The molecule has 0 bridgehead atoms. The van der Waals surface area contributed by atoms with Crippen molar-refractivity contribution in [1.82, 2.24) is 4.90 Å². The zero-order valence-electron chi connectivity index (χ0n) is 19.8. The number of rotatable bonds is 4. The molecule has 36 heavy (non-hydrogen) atoms. The quantitative estimate of drug-likeness (QED) is 0.300. The van der Waals surface area contributed by atoms with E-state index in [1.165, 1.54) is 24.7 Å². The van der Waals surface area contributed by atoms with Crippen molar-refractivity contribution in [3.8, 4) is 0 Å². The number of benzene rings is 1. The highest BCUT2D eigenvalue weighted by molar-refractivity contribution is 7.17. The van der Waals surface area contributed by atoms with Gasteiger partial charge in [0, 0.05) is 11.1 Å². The summed E-state index contributed by atoms with van der Waals surface area (Å²) in [6, 6.07) is 9.40. The number of amides is 2. The molecule has 5 heterocycles. The zero-order chi connectivity index (χ0) is 25.3. The highest BCUT2D eigenvalue weighted by Gasteiger charge is 2.65. The Morgan fingerprint density at radius 3 is 2.50 bits per heavy atom. The molecule has 0 saturated carbocycles. The summed E-state index contributed by atoms with van der Waals surface area (Å²) < 4.78 is 10.4. The van der Waals surface area contributed by atoms with Crippen molar-refractivity contribution in [2.75, 3.05) is 12.0 Å². The molecule has 3 aliphatic rings. The monoisotopic (exact) mass is 502 g/mol. The van der Waals surface area contributed by atoms with Gasteiger partial charge in [0.05, 0.1) is 36.8 Å². The number of carbonyl (C=O) groups excluding carboxylic acids is 4. The third kappa shape index (κ3) is 2.92. The maximum absolute atomic E-state index is 14.1. The van der Waals surface area contributed by atoms with Crippen molar-refractivity contribution in [2.45, 2.75) is 25.9 Å². The number of ether oxygens (including phenoxy) is 1. The molecular formula is C27H22N2O6S. The van der Waals surface area contributed by atoms with Gasteiger partial charge in [0.15, 0.2) is 5.76 Å². The lowest BCUT2D eigenvalue weighted by Crippen LogP contribution is -2.44. The van der Waals surface area contributed by atoms with Crippen molar-refractivity contribution in [3.05, 3.63) is 81.8 Å². The molecule has 3 aromatic rings. The van der Waals surface area contributed by atoms with Crippen LogP contribution in [0, 0.1) is 25.7 Å². The molecule has 2 saturated heterocycles. The standard InChI is InChI=1S/C27H22N2O6S/c1-13-14(2)36-26(18(13)27(33)34-3)29-24(31)19-20(25(29)32)22(23(30)17-9-6-12-35-17)28-11-10-15-7-4-5-8-16(15)21(19)28/h4-12,19-22H,1-3H3/t19-,20-,21-,22+/m1/s1. The van der Waals surface area contributed by atoms with Crippen LogP contribution in [0.1, 0.15) is 48.5 Å². The van der Waals surface area contributed by atoms with Gasteiger partial charge in [-0.2, -0.15) is 0 Å². The van der Waals surface area contributed by atoms with Crippen LogP contribution < -0.4 is 4.90 Å². The molecule has 0 radical (unpaired) electrons. The number of aryl methyl sites for hydroxylation is 1. The molecule has 0 N–H and O–H groups in total. The second-order valence-corrected chi connectivity index (χ2v) is 10.3. The predicted octanol–water partition coefficient (Wildman–Crippen LogP) is 4.14. The van der Waals surface area contributed by atoms with Gasteiger partial charge in [-0.15, -0.1) is 11.3 Å². The first-order valence-corrected chi connectivity index (χ1v) is 12.3. The van der Waals surface area contributed by atoms with Crippen molar-refractivity contribution in [1.29, 1.82) is 0 Å². The van der Waals surface area contributed by atoms with Crippen molar-refractivity contribution in [2.24, 2.45) is 11.8 Å². The Morgan fingerprint density at radius 2 is 1.78 bits per heavy atom. The minimum Gasteiger partial charge on any atom is -0.465 e. The van der Waals surface area contributed by atoms with E-state index in [1.54, 1.807) is 25.3 Å². The highest BCUT2D eigenvalue weighted by atomic mass is 32.1. The minimum atomic E-state index is -0.941. The van der Waals surface area contributed by atoms with E-state index in [0.29, 0.717) is 5.56 Å². The first-order valence-electron chi connectivity index (χ1n) is 11.5. The number of esters is 1. The van der Waals surface area contributed by atoms with Gasteiger partial charge < -0.3 is 14.1 Å². The summed E-state index contributed by atoms with van der Waals surface area (Å²) in [5, 5.41) is 0.247. The van der Waals surface area contributed by atoms with Gasteiger partial charge in [0.25, 0.3) is 0 Å². The Hall–Kier alpha value is -3.98. The number of thiophene rings is 1. The number of carbonyl (C=O) groups is 4. The summed E-state index contributed by atoms with van der Waals surface area (Å²) in [5.41, 5.74) is 2.67. The molecular weight excluding hydrogens is 480 g/mol. The van der Waals surface area contributed by atoms with Gasteiger partial charge in [-0.3, -0.25) is 14.4 Å². The van der Waals surface area contributed by atoms with Crippen LogP contribution in [-0.2, 0) is 14.3 Å². The van der Waals surface area contributed by atoms with E-state index >= 15 is 0 Å². The number of methoxy groups -OCH3 is 1. The molecule has 9 heteroatoms. The normalized spacial score (nSPS) is 24.1. The van der Waals surface area contributed by atoms with Crippen molar-refractivity contribution >= 4 is 46.0 Å². The van der Waals surface area contributed by atoms with Crippen LogP contribution in [0.25, 0.3) is 6.08 Å². The molecule has 0 unspecified atom stereocenters. The summed E-state index contributed by atoms with van der Waals surface area (Å²) in [6.45, 7) is 3.59. The molecule has 2 amide bonds. The van der Waals surface area contributed by atoms with Gasteiger partial charge in [0.2, 0.25) is 17.6 Å². The summed E-state index contributed by atoms with van der Waals surface area (Å²) in [4.78, 5) is 58.2. The van der Waals surface area contributed by atoms with Crippen LogP contribution in [0.15, 0.2) is 53.3 Å². The lowest BCUT2D eigenvalue weighted by molar-refractivity contribution is -0.123. The van der Waals surface area contributed by atoms with Crippen LogP contribution in [-0.4, -0.2) is 41.6 Å². The van der Waals surface area contributed by atoms with Crippen LogP contribution >= 0.6 is 11.3 Å². The molecule has 4 atom stereocenters. The summed E-state index contributed by atoms with van der Waals surface area (Å²) in [7, 11) is 1.27. The maximum atomic E-state index is 14.1. The Labute approximate surface area is 210 Å². The third-order valence-corrected chi connectivity index (χ3v) is 8.65. The van der Waals surface area contributed by atoms with Gasteiger partial charge >= 0.3 is 5.97 Å². The van der Waals surface area contributed by atoms with E-state index in [2.05, 4.69) is 0 Å². The lowest BCUT2D eigenvalue weighted by atomic mass is 9.84. The first kappa shape index (κ1) is 22.5. The Kier molecular flexibility index (Phi) is 5.01. The van der Waals surface area contributed by atoms with Crippen molar-refractivity contribution in [3.63, 3.8) is 0 Å². The maximum Gasteiger partial charge on any atom is 0.341 e. The number of Topliss-reactive ketones (excluding diaryl/α,β-unsaturated/α-hetero) is 1. The third-order valence-electron chi connectivity index (χ3n) is 7.45. The smallest absolute Gasteiger partial charge is 0.341 e. The topological polar surface area (TPSA) is 97.1 Å². The number of hydrogen-bond donors (Lipinski definition) is 0. The van der Waals surface area contributed by atoms with Crippen LogP contribution in [0.5, 0.6) is 0 Å². The fraction of sp³-hybridized carbons (Fsp3) is 0.259. The first-order chi connectivity index (χ1) is 17.3. The summed E-state index contributed by atoms with van der Waals surface area (Å²) in [5.74, 6) is -3.52. The molecule has 1 aromatic carbocycles. The highest BCUT2D eigenvalue weighted by Crippen LogP contribution is 2.54. The average Bonchev–Trinajstić information content (AvgIpc) is 3.64. The Morgan fingerprint density at radius 1 is 1.03 bits per heavy atom. The van der Waals surface area contributed by atoms with Gasteiger partial charge in [0.1, 0.15) is 11.0 Å². The Bertz CT molecular complexity index is 1470. The van der Waals surface area contributed by atoms with E-state index in [0.717, 1.165) is 20.9 Å². The summed E-state index contributed by atoms with van der Waals surface area (Å²) in [6.07, 6.45) is 5.09. The van der Waals surface area contributed by atoms with E-state index in [4.69, 9.17) is 9.15 Å². The molecule has 182 valence electrons. The van der Waals surface area contributed by atoms with E-state index in [1.807, 2.05) is 42.2 Å². The number of imide groups is 1. The largest absolute Gasteiger partial charge is 0.465 e. The molecule has 0 aliphatic carbocycles. The molecule has 2 fully saturated rings. The molecule has 0 spiro atoms. The number of furan rings is 1. The van der Waals surface area contributed by atoms with E-state index < -0.39 is 41.7 Å². The lowest BCUT2D eigenvalue weighted by Gasteiger charge is -2.34. The second kappa shape index (κ2) is 8.03. The predicted molar refractivity (Wildman–Crippen MR) is 131 cm³/mol. The SMILES string of the molecule is COC(=O)c1c(N2C(=O)[C@@H]3[C@@H](C2=O)[C@H]2c4ccccc4C=CN2[C@@H]3C(=O)c2ccco2)sc(C)c1C. The fourth-order valence-corrected chi connectivity index (χ4v) is 6.89. The summed E-state index contributed by atoms with van der Waals surface area (Å²) >= 11 is 1.20. The van der Waals surface area contributed by atoms with Gasteiger partial charge in [-0.05, 0) is 48.7 Å². The Balaban J connectivity index is 1.52. The van der Waals surface area contributed by atoms with Crippen molar-refractivity contribution < 1.29 is 28.3 Å². The van der Waals surface area contributed by atoms with E-state index in [-0.39, 0.29) is 22.1 Å². The van der Waals surface area contributed by atoms with Crippen LogP contribution in [0.4, 0.5) is 5.00 Å². The number of ketones is 1. The second-order valence-electron chi connectivity index (χ2n) is 9.14. The van der Waals surface area contributed by atoms with Gasteiger partial charge in [-0.25, -0.2) is 9.69 Å². The molecule has 3 aliphatic heterocycles. The van der Waals surface area contributed by atoms with Gasteiger partial charge in [-0.1, -0.05) is 24.3 Å². The average molecular weight is 503 g/mol. The van der Waals surface area contributed by atoms with E-state index in [9.17, 15) is 19.2 Å².